The average molecular weight is 352 g/mol. The molecule has 0 aromatic carbocycles. The summed E-state index contributed by atoms with van der Waals surface area (Å²) in [6.07, 6.45) is 7.49. The van der Waals surface area contributed by atoms with E-state index < -0.39 is 5.97 Å². The Bertz CT molecular complexity index is 915. The van der Waals surface area contributed by atoms with Crippen LogP contribution in [0.3, 0.4) is 0 Å². The van der Waals surface area contributed by atoms with Crippen LogP contribution in [0.15, 0.2) is 41.3 Å². The number of carboxylic acids is 1. The molecule has 3 heterocycles. The van der Waals surface area contributed by atoms with Crippen LogP contribution in [0.2, 0.25) is 0 Å². The van der Waals surface area contributed by atoms with Crippen LogP contribution < -0.4 is 5.32 Å². The van der Waals surface area contributed by atoms with Crippen molar-refractivity contribution in [1.82, 2.24) is 20.1 Å². The Hall–Kier alpha value is -2.93. The molecule has 0 amide bonds. The minimum absolute atomic E-state index is 0.313. The second-order valence-corrected chi connectivity index (χ2v) is 6.35. The molecule has 0 radical (unpaired) electrons. The first kappa shape index (κ1) is 16.5. The fourth-order valence-corrected chi connectivity index (χ4v) is 3.45. The molecule has 0 unspecified atom stereocenters. The predicted molar refractivity (Wildman–Crippen MR) is 94.9 cm³/mol. The molecule has 0 saturated heterocycles. The van der Waals surface area contributed by atoms with Crippen LogP contribution in [0.5, 0.6) is 0 Å². The summed E-state index contributed by atoms with van der Waals surface area (Å²) < 4.78 is 6.91. The van der Waals surface area contributed by atoms with E-state index in [2.05, 4.69) is 15.4 Å². The van der Waals surface area contributed by atoms with Crippen molar-refractivity contribution in [2.24, 2.45) is 0 Å². The van der Waals surface area contributed by atoms with Gasteiger partial charge in [0.05, 0.1) is 18.5 Å². The highest BCUT2D eigenvalue weighted by Gasteiger charge is 2.27. The van der Waals surface area contributed by atoms with Crippen molar-refractivity contribution in [3.05, 3.63) is 59.4 Å². The summed E-state index contributed by atoms with van der Waals surface area (Å²) in [6.45, 7) is 1.97. The quantitative estimate of drug-likeness (QED) is 0.635. The third-order valence-electron chi connectivity index (χ3n) is 4.66. The van der Waals surface area contributed by atoms with Crippen molar-refractivity contribution in [3.63, 3.8) is 0 Å². The highest BCUT2D eigenvalue weighted by atomic mass is 16.4. The van der Waals surface area contributed by atoms with Crippen LogP contribution in [0.4, 0.5) is 0 Å². The van der Waals surface area contributed by atoms with Gasteiger partial charge in [-0.05, 0) is 49.6 Å². The molecule has 0 saturated carbocycles. The summed E-state index contributed by atoms with van der Waals surface area (Å²) in [5, 5.41) is 17.6. The molecule has 0 fully saturated rings. The number of hydrogen-bond acceptors (Lipinski definition) is 5. The Morgan fingerprint density at radius 1 is 1.35 bits per heavy atom. The van der Waals surface area contributed by atoms with Gasteiger partial charge in [-0.2, -0.15) is 5.10 Å². The van der Waals surface area contributed by atoms with E-state index in [4.69, 9.17) is 4.42 Å². The first-order valence-corrected chi connectivity index (χ1v) is 8.73. The number of furan rings is 1. The molecule has 0 bridgehead atoms. The molecule has 3 aromatic rings. The zero-order chi connectivity index (χ0) is 17.9. The number of nitrogens with zero attached hydrogens (tertiary/aromatic N) is 3. The SMILES string of the molecule is O=C(O)c1c2c(nn1CCCNCc1ccco1)-c1ccncc1CC2. The van der Waals surface area contributed by atoms with Crippen molar-refractivity contribution in [3.8, 4) is 11.3 Å². The Morgan fingerprint density at radius 3 is 3.08 bits per heavy atom. The number of nitrogens with one attached hydrogen (secondary N) is 1. The second kappa shape index (κ2) is 7.13. The highest BCUT2D eigenvalue weighted by molar-refractivity contribution is 5.90. The highest BCUT2D eigenvalue weighted by Crippen LogP contribution is 2.34. The van der Waals surface area contributed by atoms with Gasteiger partial charge in [0.15, 0.2) is 0 Å². The minimum atomic E-state index is -0.917. The molecular weight excluding hydrogens is 332 g/mol. The lowest BCUT2D eigenvalue weighted by Crippen LogP contribution is -2.18. The van der Waals surface area contributed by atoms with Crippen LogP contribution in [-0.2, 0) is 25.9 Å². The van der Waals surface area contributed by atoms with Gasteiger partial charge < -0.3 is 14.8 Å². The summed E-state index contributed by atoms with van der Waals surface area (Å²) in [6, 6.07) is 5.70. The number of carbonyl (C=O) groups is 1. The molecular formula is C19H20N4O3. The normalized spacial score (nSPS) is 12.6. The van der Waals surface area contributed by atoms with Gasteiger partial charge in [-0.25, -0.2) is 4.79 Å². The van der Waals surface area contributed by atoms with Crippen molar-refractivity contribution < 1.29 is 14.3 Å². The summed E-state index contributed by atoms with van der Waals surface area (Å²) in [5.74, 6) is -0.0317. The summed E-state index contributed by atoms with van der Waals surface area (Å²) >= 11 is 0. The van der Waals surface area contributed by atoms with Gasteiger partial charge in [0, 0.05) is 30.1 Å². The van der Waals surface area contributed by atoms with E-state index in [1.807, 2.05) is 24.4 Å². The molecule has 7 heteroatoms. The monoisotopic (exact) mass is 352 g/mol. The number of aromatic carboxylic acids is 1. The lowest BCUT2D eigenvalue weighted by atomic mass is 9.90. The van der Waals surface area contributed by atoms with Gasteiger partial charge >= 0.3 is 5.97 Å². The van der Waals surface area contributed by atoms with E-state index in [0.29, 0.717) is 25.2 Å². The largest absolute Gasteiger partial charge is 0.477 e. The van der Waals surface area contributed by atoms with Crippen LogP contribution in [0, 0.1) is 0 Å². The van der Waals surface area contributed by atoms with Gasteiger partial charge in [-0.15, -0.1) is 0 Å². The maximum atomic E-state index is 11.8. The number of hydrogen-bond donors (Lipinski definition) is 2. The molecule has 2 N–H and O–H groups in total. The number of pyridine rings is 1. The average Bonchev–Trinajstić information content (AvgIpc) is 3.28. The number of carboxylic acid groups (broad SMARTS) is 1. The van der Waals surface area contributed by atoms with E-state index in [1.54, 1.807) is 17.1 Å². The molecule has 0 atom stereocenters. The van der Waals surface area contributed by atoms with E-state index in [-0.39, 0.29) is 0 Å². The first-order valence-electron chi connectivity index (χ1n) is 8.73. The minimum Gasteiger partial charge on any atom is -0.477 e. The van der Waals surface area contributed by atoms with Crippen LogP contribution >= 0.6 is 0 Å². The molecule has 7 nitrogen and oxygen atoms in total. The Labute approximate surface area is 150 Å². The zero-order valence-corrected chi connectivity index (χ0v) is 14.3. The number of aromatic nitrogens is 3. The maximum absolute atomic E-state index is 11.8. The summed E-state index contributed by atoms with van der Waals surface area (Å²) in [5.41, 5.74) is 4.06. The van der Waals surface area contributed by atoms with Gasteiger partial charge in [0.25, 0.3) is 0 Å². The van der Waals surface area contributed by atoms with Crippen LogP contribution in [0.25, 0.3) is 11.3 Å². The number of fused-ring (bicyclic) bond motifs is 3. The van der Waals surface area contributed by atoms with Gasteiger partial charge in [0.2, 0.25) is 0 Å². The van der Waals surface area contributed by atoms with E-state index in [0.717, 1.165) is 47.5 Å². The number of aryl methyl sites for hydroxylation is 2. The molecule has 26 heavy (non-hydrogen) atoms. The number of rotatable bonds is 7. The summed E-state index contributed by atoms with van der Waals surface area (Å²) in [4.78, 5) is 16.0. The lowest BCUT2D eigenvalue weighted by Gasteiger charge is -2.14. The maximum Gasteiger partial charge on any atom is 0.354 e. The van der Waals surface area contributed by atoms with E-state index >= 15 is 0 Å². The topological polar surface area (TPSA) is 93.2 Å². The molecule has 0 spiro atoms. The third-order valence-corrected chi connectivity index (χ3v) is 4.66. The van der Waals surface area contributed by atoms with Crippen molar-refractivity contribution in [2.75, 3.05) is 6.54 Å². The van der Waals surface area contributed by atoms with Crippen molar-refractivity contribution >= 4 is 5.97 Å². The Balaban J connectivity index is 1.48. The standard InChI is InChI=1S/C19H20N4O3/c24-19(25)18-16-5-4-13-11-21-8-6-15(13)17(16)22-23(18)9-2-7-20-12-14-3-1-10-26-14/h1,3,6,8,10-11,20H,2,4-5,7,9,12H2,(H,24,25). The van der Waals surface area contributed by atoms with Gasteiger partial charge in [-0.3, -0.25) is 9.67 Å². The third kappa shape index (κ3) is 3.13. The summed E-state index contributed by atoms with van der Waals surface area (Å²) in [7, 11) is 0. The fraction of sp³-hybridized carbons (Fsp3) is 0.316. The molecule has 4 rings (SSSR count). The van der Waals surface area contributed by atoms with Crippen LogP contribution in [0.1, 0.15) is 33.8 Å². The zero-order valence-electron chi connectivity index (χ0n) is 14.3. The first-order chi connectivity index (χ1) is 12.7. The molecule has 134 valence electrons. The van der Waals surface area contributed by atoms with E-state index in [1.165, 1.54) is 0 Å². The van der Waals surface area contributed by atoms with Crippen LogP contribution in [-0.4, -0.2) is 32.4 Å². The molecule has 3 aromatic heterocycles. The Morgan fingerprint density at radius 2 is 2.27 bits per heavy atom. The fourth-order valence-electron chi connectivity index (χ4n) is 3.45. The van der Waals surface area contributed by atoms with E-state index in [9.17, 15) is 9.90 Å². The van der Waals surface area contributed by atoms with Crippen molar-refractivity contribution in [2.45, 2.75) is 32.4 Å². The molecule has 1 aliphatic carbocycles. The van der Waals surface area contributed by atoms with Gasteiger partial charge in [0.1, 0.15) is 11.5 Å². The van der Waals surface area contributed by atoms with Crippen molar-refractivity contribution in [1.29, 1.82) is 0 Å². The lowest BCUT2D eigenvalue weighted by molar-refractivity contribution is 0.0681. The smallest absolute Gasteiger partial charge is 0.354 e. The Kier molecular flexibility index (Phi) is 4.53. The molecule has 0 aliphatic heterocycles. The predicted octanol–water partition coefficient (Wildman–Crippen LogP) is 2.51. The van der Waals surface area contributed by atoms with Gasteiger partial charge in [-0.1, -0.05) is 0 Å². The molecule has 1 aliphatic rings. The second-order valence-electron chi connectivity index (χ2n) is 6.35.